The quantitative estimate of drug-likeness (QED) is 0.146. The van der Waals surface area contributed by atoms with Crippen LogP contribution in [0.3, 0.4) is 0 Å². The maximum atomic E-state index is 6.90. The largest absolute Gasteiger partial charge is 0.455 e. The first-order chi connectivity index (χ1) is 30.7. The van der Waals surface area contributed by atoms with Gasteiger partial charge in [-0.15, -0.1) is 0 Å². The molecule has 0 aliphatic heterocycles. The molecule has 5 nitrogen and oxygen atoms in total. The average molecular weight is 795 g/mol. The van der Waals surface area contributed by atoms with E-state index >= 15 is 0 Å². The molecule has 62 heavy (non-hydrogen) atoms. The summed E-state index contributed by atoms with van der Waals surface area (Å²) in [6.45, 7) is 0. The van der Waals surface area contributed by atoms with Gasteiger partial charge in [-0.25, -0.2) is 15.0 Å². The third kappa shape index (κ3) is 6.97. The molecule has 0 N–H and O–H groups in total. The summed E-state index contributed by atoms with van der Waals surface area (Å²) in [6, 6.07) is 79.9. The Kier molecular flexibility index (Phi) is 9.45. The van der Waals surface area contributed by atoms with Gasteiger partial charge in [0.15, 0.2) is 17.5 Å². The van der Waals surface area contributed by atoms with E-state index in [0.717, 1.165) is 72.4 Å². The third-order valence-corrected chi connectivity index (χ3v) is 11.3. The van der Waals surface area contributed by atoms with E-state index in [4.69, 9.17) is 19.4 Å². The number of rotatable bonds is 9. The Morgan fingerprint density at radius 1 is 0.323 bits per heavy atom. The summed E-state index contributed by atoms with van der Waals surface area (Å²) >= 11 is 0. The molecule has 2 aromatic heterocycles. The molecule has 0 radical (unpaired) electrons. The maximum absolute atomic E-state index is 6.90. The average Bonchev–Trinajstić information content (AvgIpc) is 3.76. The molecule has 0 saturated heterocycles. The van der Waals surface area contributed by atoms with E-state index in [1.165, 1.54) is 11.1 Å². The predicted octanol–water partition coefficient (Wildman–Crippen LogP) is 15.2. The summed E-state index contributed by atoms with van der Waals surface area (Å²) in [6.07, 6.45) is 0. The molecule has 9 aromatic carbocycles. The van der Waals surface area contributed by atoms with E-state index in [2.05, 4.69) is 175 Å². The number of hydrogen-bond acceptors (Lipinski definition) is 5. The molecule has 0 amide bonds. The van der Waals surface area contributed by atoms with Crippen LogP contribution in [0.1, 0.15) is 0 Å². The molecule has 5 heteroatoms. The van der Waals surface area contributed by atoms with Crippen molar-refractivity contribution in [2.45, 2.75) is 0 Å². The van der Waals surface area contributed by atoms with Gasteiger partial charge in [0.05, 0.1) is 16.6 Å². The second-order valence-corrected chi connectivity index (χ2v) is 15.2. The van der Waals surface area contributed by atoms with Gasteiger partial charge in [0, 0.05) is 27.9 Å². The van der Waals surface area contributed by atoms with Crippen molar-refractivity contribution >= 4 is 39.0 Å². The van der Waals surface area contributed by atoms with E-state index in [9.17, 15) is 0 Å². The SMILES string of the molecule is c1ccc(-c2ccc(N(c3ccc(-c4ccccc4)cc3)c3ccc(-c4nc(-c5ccccc5)nc(-c5cccc(-c6ccccc6)c5)n4)c4oc5ccccc5c34)cc2)cc1. The molecule has 11 rings (SSSR count). The minimum absolute atomic E-state index is 0.528. The first-order valence-electron chi connectivity index (χ1n) is 20.8. The van der Waals surface area contributed by atoms with E-state index in [0.29, 0.717) is 23.1 Å². The van der Waals surface area contributed by atoms with Crippen molar-refractivity contribution in [2.24, 2.45) is 0 Å². The Hall–Kier alpha value is -8.41. The van der Waals surface area contributed by atoms with Crippen LogP contribution in [0.15, 0.2) is 235 Å². The van der Waals surface area contributed by atoms with E-state index < -0.39 is 0 Å². The normalized spacial score (nSPS) is 11.2. The number of aromatic nitrogens is 3. The Labute approximate surface area is 359 Å². The summed E-state index contributed by atoms with van der Waals surface area (Å²) in [7, 11) is 0. The van der Waals surface area contributed by atoms with Crippen LogP contribution in [0.4, 0.5) is 17.1 Å². The first-order valence-corrected chi connectivity index (χ1v) is 20.8. The fraction of sp³-hybridized carbons (Fsp3) is 0. The smallest absolute Gasteiger partial charge is 0.167 e. The summed E-state index contributed by atoms with van der Waals surface area (Å²) in [5.74, 6) is 1.70. The number of para-hydroxylation sites is 1. The molecule has 0 aliphatic rings. The van der Waals surface area contributed by atoms with E-state index in [-0.39, 0.29) is 0 Å². The highest BCUT2D eigenvalue weighted by Crippen LogP contribution is 2.46. The summed E-state index contributed by atoms with van der Waals surface area (Å²) in [4.78, 5) is 17.8. The number of hydrogen-bond donors (Lipinski definition) is 0. The standard InChI is InChI=1S/C57H38N4O/c1-5-16-39(17-6-1)42-28-32-47(33-29-42)61(48-34-30-43(31-35-48)40-18-7-2-8-19-40)51-37-36-50(54-53(51)49-26-13-14-27-52(49)62-54)57-59-55(44-22-11-4-12-23-44)58-56(60-57)46-25-15-24-45(38-46)41-20-9-3-10-21-41/h1-38H. The Morgan fingerprint density at radius 2 is 0.758 bits per heavy atom. The Bertz CT molecular complexity index is 3230. The van der Waals surface area contributed by atoms with Crippen LogP contribution in [0.5, 0.6) is 0 Å². The van der Waals surface area contributed by atoms with Gasteiger partial charge in [0.1, 0.15) is 11.2 Å². The van der Waals surface area contributed by atoms with Crippen molar-refractivity contribution < 1.29 is 4.42 Å². The molecule has 0 bridgehead atoms. The van der Waals surface area contributed by atoms with Crippen molar-refractivity contribution in [2.75, 3.05) is 4.90 Å². The molecule has 0 fully saturated rings. The van der Waals surface area contributed by atoms with Crippen molar-refractivity contribution in [3.8, 4) is 67.5 Å². The highest BCUT2D eigenvalue weighted by Gasteiger charge is 2.24. The van der Waals surface area contributed by atoms with Crippen molar-refractivity contribution in [1.82, 2.24) is 15.0 Å². The number of anilines is 3. The molecule has 0 aliphatic carbocycles. The molecular weight excluding hydrogens is 757 g/mol. The minimum Gasteiger partial charge on any atom is -0.455 e. The number of nitrogens with zero attached hydrogens (tertiary/aromatic N) is 4. The van der Waals surface area contributed by atoms with Crippen LogP contribution in [0.2, 0.25) is 0 Å². The van der Waals surface area contributed by atoms with Crippen LogP contribution in [-0.2, 0) is 0 Å². The molecule has 0 spiro atoms. The van der Waals surface area contributed by atoms with Gasteiger partial charge in [0.25, 0.3) is 0 Å². The van der Waals surface area contributed by atoms with Crippen LogP contribution in [0, 0.1) is 0 Å². The van der Waals surface area contributed by atoms with Gasteiger partial charge < -0.3 is 9.32 Å². The van der Waals surface area contributed by atoms with Gasteiger partial charge in [-0.3, -0.25) is 0 Å². The predicted molar refractivity (Wildman–Crippen MR) is 254 cm³/mol. The molecular formula is C57H38N4O. The third-order valence-electron chi connectivity index (χ3n) is 11.3. The second-order valence-electron chi connectivity index (χ2n) is 15.2. The van der Waals surface area contributed by atoms with Crippen LogP contribution in [0.25, 0.3) is 89.5 Å². The fourth-order valence-electron chi connectivity index (χ4n) is 8.28. The number of benzene rings is 9. The zero-order valence-corrected chi connectivity index (χ0v) is 33.6. The van der Waals surface area contributed by atoms with Crippen molar-refractivity contribution in [3.63, 3.8) is 0 Å². The monoisotopic (exact) mass is 794 g/mol. The van der Waals surface area contributed by atoms with Crippen LogP contribution >= 0.6 is 0 Å². The second kappa shape index (κ2) is 16.0. The topological polar surface area (TPSA) is 55.1 Å². The minimum atomic E-state index is 0.528. The highest BCUT2D eigenvalue weighted by molar-refractivity contribution is 6.16. The molecule has 0 atom stereocenters. The molecule has 2 heterocycles. The van der Waals surface area contributed by atoms with Crippen molar-refractivity contribution in [1.29, 1.82) is 0 Å². The lowest BCUT2D eigenvalue weighted by Gasteiger charge is -2.27. The van der Waals surface area contributed by atoms with Gasteiger partial charge in [-0.05, 0) is 81.9 Å². The summed E-state index contributed by atoms with van der Waals surface area (Å²) < 4.78 is 6.90. The van der Waals surface area contributed by atoms with Crippen molar-refractivity contribution in [3.05, 3.63) is 231 Å². The van der Waals surface area contributed by atoms with E-state index in [1.54, 1.807) is 0 Å². The number of fused-ring (bicyclic) bond motifs is 3. The summed E-state index contributed by atoms with van der Waals surface area (Å²) in [5, 5.41) is 1.96. The maximum Gasteiger partial charge on any atom is 0.167 e. The highest BCUT2D eigenvalue weighted by atomic mass is 16.3. The lowest BCUT2D eigenvalue weighted by Crippen LogP contribution is -2.10. The molecule has 0 saturated carbocycles. The number of furan rings is 1. The zero-order valence-electron chi connectivity index (χ0n) is 33.6. The molecule has 11 aromatic rings. The summed E-state index contributed by atoms with van der Waals surface area (Å²) in [5.41, 5.74) is 13.9. The van der Waals surface area contributed by atoms with Crippen LogP contribution < -0.4 is 4.90 Å². The molecule has 0 unspecified atom stereocenters. The van der Waals surface area contributed by atoms with Gasteiger partial charge >= 0.3 is 0 Å². The lowest BCUT2D eigenvalue weighted by atomic mass is 10.0. The lowest BCUT2D eigenvalue weighted by molar-refractivity contribution is 0.669. The Balaban J connectivity index is 1.11. The zero-order chi connectivity index (χ0) is 41.2. The first kappa shape index (κ1) is 36.7. The van der Waals surface area contributed by atoms with Crippen LogP contribution in [-0.4, -0.2) is 15.0 Å². The van der Waals surface area contributed by atoms with Gasteiger partial charge in [-0.2, -0.15) is 0 Å². The molecule has 292 valence electrons. The van der Waals surface area contributed by atoms with E-state index in [1.807, 2.05) is 60.7 Å². The van der Waals surface area contributed by atoms with Gasteiger partial charge in [0.2, 0.25) is 0 Å². The Morgan fingerprint density at radius 3 is 1.34 bits per heavy atom. The fourth-order valence-corrected chi connectivity index (χ4v) is 8.28. The van der Waals surface area contributed by atoms with Gasteiger partial charge in [-0.1, -0.05) is 182 Å².